The van der Waals surface area contributed by atoms with Gasteiger partial charge >= 0.3 is 6.18 Å². The number of carbonyl (C=O) groups excluding carboxylic acids is 1. The van der Waals surface area contributed by atoms with Gasteiger partial charge in [-0.3, -0.25) is 4.79 Å². The van der Waals surface area contributed by atoms with Crippen LogP contribution in [-0.2, 0) is 4.79 Å². The number of nitrogens with one attached hydrogen (secondary N) is 1. The molecule has 0 aromatic carbocycles. The Balaban J connectivity index is 1.75. The number of likely N-dealkylation sites (tertiary alicyclic amines) is 1. The van der Waals surface area contributed by atoms with Crippen molar-refractivity contribution < 1.29 is 18.0 Å². The number of carbonyl (C=O) groups is 1. The molecule has 1 aliphatic heterocycles. The largest absolute Gasteiger partial charge is 0.391 e. The number of piperidine rings is 1. The molecule has 3 nitrogen and oxygen atoms in total. The predicted molar refractivity (Wildman–Crippen MR) is 65.6 cm³/mol. The van der Waals surface area contributed by atoms with E-state index in [2.05, 4.69) is 5.32 Å². The molecular weight excluding hydrogens is 257 g/mol. The fourth-order valence-corrected chi connectivity index (χ4v) is 3.07. The molecule has 2 fully saturated rings. The molecule has 1 heterocycles. The van der Waals surface area contributed by atoms with Crippen molar-refractivity contribution in [3.63, 3.8) is 0 Å². The Bertz CT molecular complexity index is 324. The molecule has 0 aromatic rings. The molecule has 1 saturated heterocycles. The van der Waals surface area contributed by atoms with E-state index < -0.39 is 12.1 Å². The lowest BCUT2D eigenvalue weighted by molar-refractivity contribution is -0.182. The minimum Gasteiger partial charge on any atom is -0.344 e. The van der Waals surface area contributed by atoms with Crippen molar-refractivity contribution in [3.8, 4) is 0 Å². The zero-order valence-electron chi connectivity index (χ0n) is 11.2. The maximum atomic E-state index is 12.6. The van der Waals surface area contributed by atoms with Gasteiger partial charge in [0.1, 0.15) is 0 Å². The number of nitrogens with zero attached hydrogens (tertiary/aromatic N) is 1. The molecule has 0 bridgehead atoms. The second-order valence-electron chi connectivity index (χ2n) is 5.77. The first kappa shape index (κ1) is 14.6. The van der Waals surface area contributed by atoms with Crippen molar-refractivity contribution in [1.29, 1.82) is 0 Å². The van der Waals surface area contributed by atoms with Crippen LogP contribution in [0.3, 0.4) is 0 Å². The van der Waals surface area contributed by atoms with Crippen molar-refractivity contribution in [1.82, 2.24) is 10.2 Å². The lowest BCUT2D eigenvalue weighted by atomic mass is 9.85. The molecule has 0 radical (unpaired) electrons. The molecule has 0 spiro atoms. The lowest BCUT2D eigenvalue weighted by Gasteiger charge is -2.36. The minimum absolute atomic E-state index is 0.152. The third-order valence-corrected chi connectivity index (χ3v) is 4.29. The van der Waals surface area contributed by atoms with Gasteiger partial charge in [-0.2, -0.15) is 13.2 Å². The van der Waals surface area contributed by atoms with Gasteiger partial charge in [-0.05, 0) is 32.1 Å². The highest BCUT2D eigenvalue weighted by molar-refractivity contribution is 5.76. The second kappa shape index (κ2) is 5.69. The van der Waals surface area contributed by atoms with E-state index in [-0.39, 0.29) is 30.8 Å². The summed E-state index contributed by atoms with van der Waals surface area (Å²) in [6.07, 6.45) is -1.10. The average molecular weight is 278 g/mol. The molecule has 19 heavy (non-hydrogen) atoms. The van der Waals surface area contributed by atoms with Crippen LogP contribution in [0, 0.1) is 5.92 Å². The summed E-state index contributed by atoms with van der Waals surface area (Å²) in [5.41, 5.74) is 0. The van der Waals surface area contributed by atoms with Crippen LogP contribution in [-0.4, -0.2) is 42.7 Å². The predicted octanol–water partition coefficient (Wildman–Crippen LogP) is 2.32. The maximum Gasteiger partial charge on any atom is 0.391 e. The summed E-state index contributed by atoms with van der Waals surface area (Å²) in [6.45, 7) is 0.665. The third kappa shape index (κ3) is 3.84. The third-order valence-electron chi connectivity index (χ3n) is 4.29. The quantitative estimate of drug-likeness (QED) is 0.840. The van der Waals surface area contributed by atoms with Gasteiger partial charge < -0.3 is 10.2 Å². The molecule has 1 atom stereocenters. The summed E-state index contributed by atoms with van der Waals surface area (Å²) >= 11 is 0. The summed E-state index contributed by atoms with van der Waals surface area (Å²) in [5.74, 6) is -0.972. The van der Waals surface area contributed by atoms with Crippen LogP contribution in [0.4, 0.5) is 13.2 Å². The Kier molecular flexibility index (Phi) is 4.38. The summed E-state index contributed by atoms with van der Waals surface area (Å²) in [4.78, 5) is 13.1. The van der Waals surface area contributed by atoms with E-state index in [0.29, 0.717) is 25.8 Å². The first-order chi connectivity index (χ1) is 8.86. The average Bonchev–Trinajstić information content (AvgIpc) is 2.33. The molecule has 1 unspecified atom stereocenters. The van der Waals surface area contributed by atoms with Gasteiger partial charge in [0.2, 0.25) is 5.91 Å². The Morgan fingerprint density at radius 2 is 1.74 bits per heavy atom. The molecule has 110 valence electrons. The normalized spacial score (nSPS) is 33.6. The Morgan fingerprint density at radius 3 is 2.26 bits per heavy atom. The Morgan fingerprint density at radius 1 is 1.11 bits per heavy atom. The van der Waals surface area contributed by atoms with Crippen molar-refractivity contribution in [2.45, 2.75) is 56.8 Å². The van der Waals surface area contributed by atoms with Gasteiger partial charge in [0.15, 0.2) is 0 Å². The number of alkyl halides is 3. The number of likely N-dealkylation sites (N-methyl/N-ethyl adjacent to an activating group) is 1. The molecule has 2 rings (SSSR count). The van der Waals surface area contributed by atoms with E-state index >= 15 is 0 Å². The van der Waals surface area contributed by atoms with Gasteiger partial charge in [0, 0.05) is 32.1 Å². The van der Waals surface area contributed by atoms with E-state index in [1.54, 1.807) is 11.9 Å². The van der Waals surface area contributed by atoms with Crippen LogP contribution in [0.15, 0.2) is 0 Å². The monoisotopic (exact) mass is 278 g/mol. The van der Waals surface area contributed by atoms with Crippen LogP contribution in [0.25, 0.3) is 0 Å². The van der Waals surface area contributed by atoms with E-state index in [1.807, 2.05) is 0 Å². The molecule has 1 N–H and O–H groups in total. The van der Waals surface area contributed by atoms with Crippen LogP contribution in [0.2, 0.25) is 0 Å². The maximum absolute atomic E-state index is 12.6. The fourth-order valence-electron chi connectivity index (χ4n) is 3.07. The van der Waals surface area contributed by atoms with Gasteiger partial charge in [-0.25, -0.2) is 0 Å². The zero-order chi connectivity index (χ0) is 14.0. The molecule has 6 heteroatoms. The highest BCUT2D eigenvalue weighted by Crippen LogP contribution is 2.37. The van der Waals surface area contributed by atoms with Gasteiger partial charge in [-0.1, -0.05) is 0 Å². The zero-order valence-corrected chi connectivity index (χ0v) is 11.2. The summed E-state index contributed by atoms with van der Waals surface area (Å²) in [7, 11) is 1.77. The number of halogens is 3. The van der Waals surface area contributed by atoms with Crippen LogP contribution < -0.4 is 5.32 Å². The van der Waals surface area contributed by atoms with Crippen molar-refractivity contribution >= 4 is 5.91 Å². The SMILES string of the molecule is CN1CC(NC2CCC(C(F)(F)F)CC2)CCC1=O. The molecule has 1 amide bonds. The summed E-state index contributed by atoms with van der Waals surface area (Å²) < 4.78 is 37.7. The fraction of sp³-hybridized carbons (Fsp3) is 0.923. The first-order valence-electron chi connectivity index (χ1n) is 6.93. The van der Waals surface area contributed by atoms with E-state index in [4.69, 9.17) is 0 Å². The minimum atomic E-state index is -4.04. The first-order valence-corrected chi connectivity index (χ1v) is 6.93. The van der Waals surface area contributed by atoms with Crippen molar-refractivity contribution in [3.05, 3.63) is 0 Å². The van der Waals surface area contributed by atoms with E-state index in [9.17, 15) is 18.0 Å². The number of hydrogen-bond acceptors (Lipinski definition) is 2. The molecular formula is C13H21F3N2O. The topological polar surface area (TPSA) is 32.3 Å². The number of rotatable bonds is 2. The standard InChI is InChI=1S/C13H21F3N2O/c1-18-8-11(6-7-12(18)19)17-10-4-2-9(3-5-10)13(14,15)16/h9-11,17H,2-8H2,1H3. The second-order valence-corrected chi connectivity index (χ2v) is 5.77. The molecule has 1 saturated carbocycles. The highest BCUT2D eigenvalue weighted by atomic mass is 19.4. The molecule has 1 aliphatic carbocycles. The van der Waals surface area contributed by atoms with Gasteiger partial charge in [-0.15, -0.1) is 0 Å². The smallest absolute Gasteiger partial charge is 0.344 e. The Hall–Kier alpha value is -0.780. The van der Waals surface area contributed by atoms with Gasteiger partial charge in [0.25, 0.3) is 0 Å². The Labute approximate surface area is 111 Å². The van der Waals surface area contributed by atoms with E-state index in [1.165, 1.54) is 0 Å². The van der Waals surface area contributed by atoms with Gasteiger partial charge in [0.05, 0.1) is 5.92 Å². The summed E-state index contributed by atoms with van der Waals surface area (Å²) in [6, 6.07) is 0.403. The number of hydrogen-bond donors (Lipinski definition) is 1. The molecule has 0 aromatic heterocycles. The van der Waals surface area contributed by atoms with Crippen molar-refractivity contribution in [2.24, 2.45) is 5.92 Å². The van der Waals surface area contributed by atoms with Crippen LogP contribution in [0.1, 0.15) is 38.5 Å². The van der Waals surface area contributed by atoms with Crippen LogP contribution in [0.5, 0.6) is 0 Å². The highest BCUT2D eigenvalue weighted by Gasteiger charge is 2.41. The summed E-state index contributed by atoms with van der Waals surface area (Å²) in [5, 5.41) is 3.42. The van der Waals surface area contributed by atoms with Crippen LogP contribution >= 0.6 is 0 Å². The van der Waals surface area contributed by atoms with Crippen molar-refractivity contribution in [2.75, 3.05) is 13.6 Å². The lowest BCUT2D eigenvalue weighted by Crippen LogP contribution is -2.50. The molecule has 2 aliphatic rings. The van der Waals surface area contributed by atoms with E-state index in [0.717, 1.165) is 6.42 Å². The number of amides is 1.